The first kappa shape index (κ1) is 17.6. The Bertz CT molecular complexity index is 1130. The molecular weight excluding hydrogens is 350 g/mol. The fraction of sp³-hybridized carbons (Fsp3) is 0.0417. The maximum absolute atomic E-state index is 10.1. The van der Waals surface area contributed by atoms with Crippen LogP contribution in [0.25, 0.3) is 10.8 Å². The highest BCUT2D eigenvalue weighted by Gasteiger charge is 2.08. The van der Waals surface area contributed by atoms with Crippen molar-refractivity contribution in [2.45, 2.75) is 0 Å². The van der Waals surface area contributed by atoms with Crippen molar-refractivity contribution in [3.63, 3.8) is 0 Å². The summed E-state index contributed by atoms with van der Waals surface area (Å²) in [5.74, 6) is 0.945. The quantitative estimate of drug-likeness (QED) is 0.452. The number of aliphatic hydroxyl groups excluding tert-OH is 1. The van der Waals surface area contributed by atoms with Gasteiger partial charge in [0.15, 0.2) is 0 Å². The molecule has 1 aliphatic rings. The number of fused-ring (bicyclic) bond motifs is 1. The van der Waals surface area contributed by atoms with Gasteiger partial charge in [-0.2, -0.15) is 0 Å². The zero-order chi connectivity index (χ0) is 19.3. The second-order valence-electron chi connectivity index (χ2n) is 6.27. The molecule has 0 bridgehead atoms. The van der Waals surface area contributed by atoms with Gasteiger partial charge in [0.25, 0.3) is 5.95 Å². The van der Waals surface area contributed by atoms with Crippen molar-refractivity contribution in [3.8, 4) is 11.5 Å². The molecule has 0 heterocycles. The van der Waals surface area contributed by atoms with Crippen LogP contribution in [0.3, 0.4) is 0 Å². The topological polar surface area (TPSA) is 51.0 Å². The largest absolute Gasteiger partial charge is 0.496 e. The molecule has 0 atom stereocenters. The van der Waals surface area contributed by atoms with Gasteiger partial charge in [0.2, 0.25) is 0 Å². The Morgan fingerprint density at radius 1 is 0.929 bits per heavy atom. The molecule has 0 aromatic heterocycles. The lowest BCUT2D eigenvalue weighted by molar-refractivity contribution is 0.205. The number of rotatable bonds is 5. The zero-order valence-electron chi connectivity index (χ0n) is 15.4. The molecule has 28 heavy (non-hydrogen) atoms. The highest BCUT2D eigenvalue weighted by atomic mass is 16.6. The molecule has 3 aromatic rings. The molecule has 0 saturated carbocycles. The minimum atomic E-state index is -0.148. The normalized spacial score (nSPS) is 12.8. The van der Waals surface area contributed by atoms with E-state index >= 15 is 0 Å². The van der Waals surface area contributed by atoms with Crippen LogP contribution < -0.4 is 9.47 Å². The third kappa shape index (κ3) is 3.81. The second kappa shape index (κ2) is 7.84. The number of hydrogen-bond donors (Lipinski definition) is 1. The molecular formula is C24H19NO3. The first-order valence-corrected chi connectivity index (χ1v) is 8.90. The Kier molecular flexibility index (Phi) is 4.93. The number of benzene rings is 3. The molecule has 0 saturated heterocycles. The van der Waals surface area contributed by atoms with Gasteiger partial charge in [-0.05, 0) is 47.2 Å². The molecule has 0 radical (unpaired) electrons. The van der Waals surface area contributed by atoms with Gasteiger partial charge in [-0.3, -0.25) is 4.99 Å². The van der Waals surface area contributed by atoms with Gasteiger partial charge in [-0.25, -0.2) is 0 Å². The molecule has 0 aliphatic heterocycles. The number of ether oxygens (including phenoxy) is 2. The lowest BCUT2D eigenvalue weighted by atomic mass is 10.1. The fourth-order valence-electron chi connectivity index (χ4n) is 2.95. The number of aliphatic imine (C=N–C) groups is 1. The standard InChI is InChI=1S/C24H19NO3/c1-27-23-15-22(28-24(26)18-7-3-4-8-18)13-11-20(23)16-25-21-12-10-17-6-2-5-9-19(17)14-21/h2-16,26H,1H3. The number of methoxy groups -OCH3 is 1. The van der Waals surface area contributed by atoms with Crippen LogP contribution in [0.1, 0.15) is 5.56 Å². The third-order valence-corrected chi connectivity index (χ3v) is 4.41. The van der Waals surface area contributed by atoms with E-state index in [9.17, 15) is 5.11 Å². The monoisotopic (exact) mass is 369 g/mol. The number of aliphatic hydroxyl groups is 1. The van der Waals surface area contributed by atoms with E-state index in [-0.39, 0.29) is 5.95 Å². The van der Waals surface area contributed by atoms with Crippen LogP contribution in [-0.2, 0) is 0 Å². The van der Waals surface area contributed by atoms with Crippen molar-refractivity contribution in [2.75, 3.05) is 7.11 Å². The van der Waals surface area contributed by atoms with Crippen molar-refractivity contribution in [1.82, 2.24) is 0 Å². The first-order valence-electron chi connectivity index (χ1n) is 8.90. The summed E-state index contributed by atoms with van der Waals surface area (Å²) in [5.41, 5.74) is 2.31. The average Bonchev–Trinajstić information content (AvgIpc) is 3.27. The number of hydrogen-bond acceptors (Lipinski definition) is 4. The van der Waals surface area contributed by atoms with E-state index in [0.29, 0.717) is 17.1 Å². The van der Waals surface area contributed by atoms with Crippen molar-refractivity contribution in [2.24, 2.45) is 4.99 Å². The molecule has 4 nitrogen and oxygen atoms in total. The van der Waals surface area contributed by atoms with E-state index in [0.717, 1.165) is 16.6 Å². The average molecular weight is 369 g/mol. The minimum absolute atomic E-state index is 0.148. The van der Waals surface area contributed by atoms with E-state index in [2.05, 4.69) is 23.2 Å². The third-order valence-electron chi connectivity index (χ3n) is 4.41. The molecule has 1 N–H and O–H groups in total. The maximum Gasteiger partial charge on any atom is 0.289 e. The summed E-state index contributed by atoms with van der Waals surface area (Å²) in [6.45, 7) is 0. The molecule has 0 spiro atoms. The molecule has 0 fully saturated rings. The van der Waals surface area contributed by atoms with Gasteiger partial charge in [-0.1, -0.05) is 42.5 Å². The number of nitrogens with zero attached hydrogens (tertiary/aromatic N) is 1. The summed E-state index contributed by atoms with van der Waals surface area (Å²) in [5, 5.41) is 12.4. The van der Waals surface area contributed by atoms with Crippen molar-refractivity contribution >= 4 is 22.7 Å². The molecule has 138 valence electrons. The lowest BCUT2D eigenvalue weighted by Crippen LogP contribution is -1.98. The Balaban J connectivity index is 1.57. The van der Waals surface area contributed by atoms with E-state index in [1.165, 1.54) is 5.39 Å². The molecule has 4 rings (SSSR count). The predicted molar refractivity (Wildman–Crippen MR) is 113 cm³/mol. The van der Waals surface area contributed by atoms with Crippen LogP contribution in [-0.4, -0.2) is 18.4 Å². The minimum Gasteiger partial charge on any atom is -0.496 e. The highest BCUT2D eigenvalue weighted by Crippen LogP contribution is 2.27. The Labute approximate surface area is 163 Å². The van der Waals surface area contributed by atoms with Crippen LogP contribution in [0, 0.1) is 0 Å². The Morgan fingerprint density at radius 2 is 1.71 bits per heavy atom. The van der Waals surface area contributed by atoms with Crippen molar-refractivity contribution < 1.29 is 14.6 Å². The Morgan fingerprint density at radius 3 is 2.50 bits per heavy atom. The summed E-state index contributed by atoms with van der Waals surface area (Å²) in [6, 6.07) is 19.6. The van der Waals surface area contributed by atoms with Gasteiger partial charge < -0.3 is 14.6 Å². The summed E-state index contributed by atoms with van der Waals surface area (Å²) < 4.78 is 11.0. The summed E-state index contributed by atoms with van der Waals surface area (Å²) in [7, 11) is 1.59. The first-order chi connectivity index (χ1) is 13.7. The van der Waals surface area contributed by atoms with Crippen molar-refractivity contribution in [1.29, 1.82) is 0 Å². The smallest absolute Gasteiger partial charge is 0.289 e. The maximum atomic E-state index is 10.1. The van der Waals surface area contributed by atoms with Crippen LogP contribution in [0.2, 0.25) is 0 Å². The Hall–Kier alpha value is -3.79. The fourth-order valence-corrected chi connectivity index (χ4v) is 2.95. The predicted octanol–water partition coefficient (Wildman–Crippen LogP) is 5.87. The summed E-state index contributed by atoms with van der Waals surface area (Å²) in [6.07, 6.45) is 8.98. The number of allylic oxidation sites excluding steroid dienone is 5. The van der Waals surface area contributed by atoms with Gasteiger partial charge in [0.05, 0.1) is 18.4 Å². The van der Waals surface area contributed by atoms with E-state index in [1.54, 1.807) is 37.6 Å². The van der Waals surface area contributed by atoms with Gasteiger partial charge in [-0.15, -0.1) is 0 Å². The van der Waals surface area contributed by atoms with E-state index < -0.39 is 0 Å². The van der Waals surface area contributed by atoms with Crippen LogP contribution in [0.4, 0.5) is 5.69 Å². The summed E-state index contributed by atoms with van der Waals surface area (Å²) >= 11 is 0. The van der Waals surface area contributed by atoms with Gasteiger partial charge >= 0.3 is 0 Å². The van der Waals surface area contributed by atoms with Gasteiger partial charge in [0, 0.05) is 17.8 Å². The molecule has 1 aliphatic carbocycles. The SMILES string of the molecule is COc1cc(OC(O)=C2C=CC=C2)ccc1C=Nc1ccc2ccccc2c1. The lowest BCUT2D eigenvalue weighted by Gasteiger charge is -2.09. The summed E-state index contributed by atoms with van der Waals surface area (Å²) in [4.78, 5) is 4.57. The van der Waals surface area contributed by atoms with Crippen LogP contribution in [0.5, 0.6) is 11.5 Å². The highest BCUT2D eigenvalue weighted by molar-refractivity contribution is 5.89. The molecule has 0 unspecified atom stereocenters. The molecule has 3 aromatic carbocycles. The van der Waals surface area contributed by atoms with Crippen LogP contribution in [0.15, 0.2) is 101 Å². The van der Waals surface area contributed by atoms with Crippen LogP contribution >= 0.6 is 0 Å². The second-order valence-corrected chi connectivity index (χ2v) is 6.27. The van der Waals surface area contributed by atoms with E-state index in [1.807, 2.05) is 42.5 Å². The molecule has 0 amide bonds. The zero-order valence-corrected chi connectivity index (χ0v) is 15.4. The van der Waals surface area contributed by atoms with Gasteiger partial charge in [0.1, 0.15) is 11.5 Å². The van der Waals surface area contributed by atoms with E-state index in [4.69, 9.17) is 9.47 Å². The molecule has 4 heteroatoms. The van der Waals surface area contributed by atoms with Crippen molar-refractivity contribution in [3.05, 3.63) is 102 Å².